The lowest BCUT2D eigenvalue weighted by molar-refractivity contribution is -0.122. The van der Waals surface area contributed by atoms with Gasteiger partial charge in [-0.2, -0.15) is 5.26 Å². The average Bonchev–Trinajstić information content (AvgIpc) is 2.32. The number of carbonyl (C=O) groups is 1. The maximum absolute atomic E-state index is 13.0. The van der Waals surface area contributed by atoms with Crippen LogP contribution in [0.4, 0.5) is 10.1 Å². The predicted octanol–water partition coefficient (Wildman–Crippen LogP) is 3.01. The third-order valence-electron chi connectivity index (χ3n) is 2.90. The number of hydrogen-bond donors (Lipinski definition) is 1. The summed E-state index contributed by atoms with van der Waals surface area (Å²) in [6, 6.07) is 6.14. The average molecular weight is 234 g/mol. The zero-order valence-corrected chi connectivity index (χ0v) is 10.2. The van der Waals surface area contributed by atoms with E-state index >= 15 is 0 Å². The highest BCUT2D eigenvalue weighted by atomic mass is 19.1. The second-order valence-corrected chi connectivity index (χ2v) is 4.21. The van der Waals surface area contributed by atoms with Gasteiger partial charge in [0.15, 0.2) is 0 Å². The van der Waals surface area contributed by atoms with Gasteiger partial charge < -0.3 is 5.32 Å². The SMILES string of the molecule is CCC(C)(C#N)C(=O)Nc1cc(F)ccc1C. The first-order valence-electron chi connectivity index (χ1n) is 5.42. The lowest BCUT2D eigenvalue weighted by atomic mass is 9.88. The fourth-order valence-electron chi connectivity index (χ4n) is 1.28. The minimum atomic E-state index is -1.08. The molecule has 4 heteroatoms. The summed E-state index contributed by atoms with van der Waals surface area (Å²) < 4.78 is 13.0. The topological polar surface area (TPSA) is 52.9 Å². The second kappa shape index (κ2) is 4.96. The van der Waals surface area contributed by atoms with Gasteiger partial charge in [-0.05, 0) is 38.0 Å². The number of amides is 1. The van der Waals surface area contributed by atoms with Crippen molar-refractivity contribution in [3.05, 3.63) is 29.6 Å². The molecule has 0 radical (unpaired) electrons. The molecule has 0 saturated carbocycles. The predicted molar refractivity (Wildman–Crippen MR) is 63.8 cm³/mol. The van der Waals surface area contributed by atoms with Gasteiger partial charge in [-0.1, -0.05) is 13.0 Å². The van der Waals surface area contributed by atoms with E-state index in [1.54, 1.807) is 26.8 Å². The number of halogens is 1. The molecule has 3 nitrogen and oxygen atoms in total. The van der Waals surface area contributed by atoms with E-state index in [0.717, 1.165) is 5.56 Å². The summed E-state index contributed by atoms with van der Waals surface area (Å²) in [6.45, 7) is 5.10. The number of nitrogens with zero attached hydrogens (tertiary/aromatic N) is 1. The van der Waals surface area contributed by atoms with Crippen LogP contribution in [0.3, 0.4) is 0 Å². The van der Waals surface area contributed by atoms with Gasteiger partial charge in [0.1, 0.15) is 11.2 Å². The third-order valence-corrected chi connectivity index (χ3v) is 2.90. The number of carbonyl (C=O) groups excluding carboxylic acids is 1. The molecule has 1 aromatic carbocycles. The first-order chi connectivity index (χ1) is 7.92. The van der Waals surface area contributed by atoms with Crippen molar-refractivity contribution < 1.29 is 9.18 Å². The van der Waals surface area contributed by atoms with Crippen LogP contribution >= 0.6 is 0 Å². The first-order valence-corrected chi connectivity index (χ1v) is 5.42. The Morgan fingerprint density at radius 2 is 2.24 bits per heavy atom. The standard InChI is InChI=1S/C13H15FN2O/c1-4-13(3,8-15)12(17)16-11-7-10(14)6-5-9(11)2/h5-7H,4H2,1-3H3,(H,16,17). The molecule has 1 unspecified atom stereocenters. The molecule has 0 heterocycles. The van der Waals surface area contributed by atoms with Crippen LogP contribution in [0.5, 0.6) is 0 Å². The Bertz CT molecular complexity index is 479. The molecule has 0 aliphatic rings. The summed E-state index contributed by atoms with van der Waals surface area (Å²) in [5, 5.41) is 11.6. The fourth-order valence-corrected chi connectivity index (χ4v) is 1.28. The van der Waals surface area contributed by atoms with Crippen molar-refractivity contribution in [1.82, 2.24) is 0 Å². The van der Waals surface area contributed by atoms with Crippen LogP contribution < -0.4 is 5.32 Å². The summed E-state index contributed by atoms with van der Waals surface area (Å²) in [5.74, 6) is -0.822. The van der Waals surface area contributed by atoms with E-state index in [-0.39, 0.29) is 0 Å². The van der Waals surface area contributed by atoms with E-state index in [0.29, 0.717) is 12.1 Å². The van der Waals surface area contributed by atoms with Gasteiger partial charge in [-0.25, -0.2) is 4.39 Å². The Morgan fingerprint density at radius 1 is 1.59 bits per heavy atom. The molecule has 0 saturated heterocycles. The lowest BCUT2D eigenvalue weighted by Gasteiger charge is -2.19. The van der Waals surface area contributed by atoms with Crippen molar-refractivity contribution in [2.45, 2.75) is 27.2 Å². The highest BCUT2D eigenvalue weighted by Crippen LogP contribution is 2.24. The van der Waals surface area contributed by atoms with Crippen molar-refractivity contribution in [3.63, 3.8) is 0 Å². The Morgan fingerprint density at radius 3 is 2.76 bits per heavy atom. The lowest BCUT2D eigenvalue weighted by Crippen LogP contribution is -2.31. The molecule has 90 valence electrons. The van der Waals surface area contributed by atoms with E-state index in [2.05, 4.69) is 5.32 Å². The zero-order valence-electron chi connectivity index (χ0n) is 10.2. The molecule has 0 bridgehead atoms. The van der Waals surface area contributed by atoms with E-state index in [4.69, 9.17) is 5.26 Å². The summed E-state index contributed by atoms with van der Waals surface area (Å²) in [7, 11) is 0. The van der Waals surface area contributed by atoms with Gasteiger partial charge in [-0.3, -0.25) is 4.79 Å². The molecular weight excluding hydrogens is 219 g/mol. The summed E-state index contributed by atoms with van der Waals surface area (Å²) in [4.78, 5) is 11.9. The van der Waals surface area contributed by atoms with Gasteiger partial charge in [0.2, 0.25) is 5.91 Å². The Kier molecular flexibility index (Phi) is 3.84. The van der Waals surface area contributed by atoms with Crippen LogP contribution in [0.15, 0.2) is 18.2 Å². The van der Waals surface area contributed by atoms with E-state index in [9.17, 15) is 9.18 Å². The molecule has 1 amide bonds. The summed E-state index contributed by atoms with van der Waals surface area (Å²) in [5.41, 5.74) is 0.0831. The van der Waals surface area contributed by atoms with Crippen LogP contribution in [0.2, 0.25) is 0 Å². The molecule has 17 heavy (non-hydrogen) atoms. The normalized spacial score (nSPS) is 13.6. The molecule has 0 aliphatic heterocycles. The molecule has 1 rings (SSSR count). The van der Waals surface area contributed by atoms with Gasteiger partial charge in [0, 0.05) is 5.69 Å². The zero-order chi connectivity index (χ0) is 13.1. The van der Waals surface area contributed by atoms with Gasteiger partial charge in [0.25, 0.3) is 0 Å². The second-order valence-electron chi connectivity index (χ2n) is 4.21. The van der Waals surface area contributed by atoms with E-state index < -0.39 is 17.1 Å². The Balaban J connectivity index is 2.96. The number of rotatable bonds is 3. The quantitative estimate of drug-likeness (QED) is 0.874. The smallest absolute Gasteiger partial charge is 0.244 e. The Labute approximate surface area is 100 Å². The van der Waals surface area contributed by atoms with Crippen molar-refractivity contribution in [2.24, 2.45) is 5.41 Å². The number of aryl methyl sites for hydroxylation is 1. The van der Waals surface area contributed by atoms with E-state index in [1.807, 2.05) is 6.07 Å². The molecule has 1 N–H and O–H groups in total. The highest BCUT2D eigenvalue weighted by Gasteiger charge is 2.31. The Hall–Kier alpha value is -1.89. The molecule has 0 fully saturated rings. The molecular formula is C13H15FN2O. The largest absolute Gasteiger partial charge is 0.324 e. The number of hydrogen-bond acceptors (Lipinski definition) is 2. The van der Waals surface area contributed by atoms with Crippen molar-refractivity contribution >= 4 is 11.6 Å². The van der Waals surface area contributed by atoms with Gasteiger partial charge >= 0.3 is 0 Å². The molecule has 0 spiro atoms. The molecule has 1 atom stereocenters. The van der Waals surface area contributed by atoms with Crippen LogP contribution in [-0.2, 0) is 4.79 Å². The maximum Gasteiger partial charge on any atom is 0.244 e. The number of anilines is 1. The summed E-state index contributed by atoms with van der Waals surface area (Å²) >= 11 is 0. The number of nitriles is 1. The van der Waals surface area contributed by atoms with Crippen LogP contribution in [-0.4, -0.2) is 5.91 Å². The number of nitrogens with one attached hydrogen (secondary N) is 1. The van der Waals surface area contributed by atoms with Gasteiger partial charge in [-0.15, -0.1) is 0 Å². The van der Waals surface area contributed by atoms with Crippen LogP contribution in [0, 0.1) is 29.5 Å². The molecule has 0 aromatic heterocycles. The van der Waals surface area contributed by atoms with Crippen LogP contribution in [0.25, 0.3) is 0 Å². The van der Waals surface area contributed by atoms with Crippen molar-refractivity contribution in [3.8, 4) is 6.07 Å². The summed E-state index contributed by atoms with van der Waals surface area (Å²) in [6.07, 6.45) is 0.406. The highest BCUT2D eigenvalue weighted by molar-refractivity contribution is 5.97. The molecule has 1 aromatic rings. The first kappa shape index (κ1) is 13.2. The number of benzene rings is 1. The minimum Gasteiger partial charge on any atom is -0.324 e. The van der Waals surface area contributed by atoms with Crippen LogP contribution in [0.1, 0.15) is 25.8 Å². The maximum atomic E-state index is 13.0. The van der Waals surface area contributed by atoms with Crippen molar-refractivity contribution in [1.29, 1.82) is 5.26 Å². The fraction of sp³-hybridized carbons (Fsp3) is 0.385. The minimum absolute atomic E-state index is 0.406. The third kappa shape index (κ3) is 2.82. The van der Waals surface area contributed by atoms with Crippen molar-refractivity contribution in [2.75, 3.05) is 5.32 Å². The van der Waals surface area contributed by atoms with Gasteiger partial charge in [0.05, 0.1) is 6.07 Å². The molecule has 0 aliphatic carbocycles. The van der Waals surface area contributed by atoms with E-state index in [1.165, 1.54) is 12.1 Å². The monoisotopic (exact) mass is 234 g/mol.